The van der Waals surface area contributed by atoms with E-state index in [0.29, 0.717) is 22.9 Å². The van der Waals surface area contributed by atoms with Gasteiger partial charge >= 0.3 is 5.97 Å². The van der Waals surface area contributed by atoms with Crippen molar-refractivity contribution in [3.8, 4) is 17.2 Å². The first-order valence-corrected chi connectivity index (χ1v) is 9.86. The van der Waals surface area contributed by atoms with Crippen molar-refractivity contribution >= 4 is 17.6 Å². The number of aromatic nitrogens is 2. The maximum absolute atomic E-state index is 12.9. The predicted octanol–water partition coefficient (Wildman–Crippen LogP) is 2.69. The highest BCUT2D eigenvalue weighted by atomic mass is 16.5. The minimum atomic E-state index is -1.14. The molecule has 3 rings (SSSR count). The molecule has 0 aliphatic heterocycles. The van der Waals surface area contributed by atoms with Crippen LogP contribution in [0.2, 0.25) is 0 Å². The van der Waals surface area contributed by atoms with Gasteiger partial charge in [0.05, 0.1) is 31.2 Å². The summed E-state index contributed by atoms with van der Waals surface area (Å²) in [5, 5.41) is 2.59. The Hall–Kier alpha value is -4.01. The summed E-state index contributed by atoms with van der Waals surface area (Å²) in [4.78, 5) is 38.1. The summed E-state index contributed by atoms with van der Waals surface area (Å²) in [7, 11) is 4.66. The number of methoxy groups -OCH3 is 2. The number of benzene rings is 2. The molecule has 1 atom stereocenters. The summed E-state index contributed by atoms with van der Waals surface area (Å²) in [6.45, 7) is 3.15. The number of nitrogens with zero attached hydrogens (tertiary/aromatic N) is 2. The molecular formula is C23H25N3O6. The fourth-order valence-corrected chi connectivity index (χ4v) is 3.18. The van der Waals surface area contributed by atoms with Crippen LogP contribution in [0, 0.1) is 6.92 Å². The third-order valence-corrected chi connectivity index (χ3v) is 5.07. The zero-order valence-corrected chi connectivity index (χ0v) is 18.5. The Labute approximate surface area is 185 Å². The van der Waals surface area contributed by atoms with Crippen LogP contribution in [0.3, 0.4) is 0 Å². The van der Waals surface area contributed by atoms with Gasteiger partial charge in [-0.15, -0.1) is 0 Å². The van der Waals surface area contributed by atoms with E-state index in [1.807, 2.05) is 18.2 Å². The summed E-state index contributed by atoms with van der Waals surface area (Å²) in [6, 6.07) is 13.6. The monoisotopic (exact) mass is 439 g/mol. The van der Waals surface area contributed by atoms with Crippen molar-refractivity contribution in [2.75, 3.05) is 19.5 Å². The average Bonchev–Trinajstić information content (AvgIpc) is 3.01. The van der Waals surface area contributed by atoms with Crippen molar-refractivity contribution in [3.63, 3.8) is 0 Å². The molecular weight excluding hydrogens is 414 g/mol. The molecule has 2 aromatic carbocycles. The molecule has 0 spiro atoms. The van der Waals surface area contributed by atoms with Gasteiger partial charge in [-0.1, -0.05) is 18.2 Å². The van der Waals surface area contributed by atoms with Crippen molar-refractivity contribution in [2.24, 2.45) is 7.05 Å². The fraction of sp³-hybridized carbons (Fsp3) is 0.261. The van der Waals surface area contributed by atoms with Gasteiger partial charge in [0.2, 0.25) is 0 Å². The number of para-hydroxylation sites is 1. The van der Waals surface area contributed by atoms with Crippen molar-refractivity contribution in [2.45, 2.75) is 20.0 Å². The van der Waals surface area contributed by atoms with Gasteiger partial charge in [0.15, 0.2) is 17.6 Å². The van der Waals surface area contributed by atoms with Crippen LogP contribution in [0.25, 0.3) is 5.69 Å². The summed E-state index contributed by atoms with van der Waals surface area (Å²) in [6.07, 6.45) is -1.14. The number of carbonyl (C=O) groups is 2. The highest BCUT2D eigenvalue weighted by molar-refractivity contribution is 5.97. The summed E-state index contributed by atoms with van der Waals surface area (Å²) in [5.41, 5.74) is 1.16. The molecule has 0 aliphatic carbocycles. The standard InChI is InChI=1S/C23H25N3O6/c1-14-20(22(28)26(25(14)3)17-9-7-6-8-10-17)24-21(27)15(2)32-23(29)16-11-12-18(30-4)19(13-16)31-5/h6-13,15H,1-5H3,(H,24,27)/t15-/m0/s1. The molecule has 1 heterocycles. The van der Waals surface area contributed by atoms with Crippen LogP contribution in [-0.2, 0) is 16.6 Å². The predicted molar refractivity (Wildman–Crippen MR) is 119 cm³/mol. The number of ether oxygens (including phenoxy) is 3. The second-order valence-electron chi connectivity index (χ2n) is 7.04. The van der Waals surface area contributed by atoms with E-state index in [0.717, 1.165) is 0 Å². The van der Waals surface area contributed by atoms with Gasteiger partial charge < -0.3 is 19.5 Å². The molecule has 1 amide bonds. The smallest absolute Gasteiger partial charge is 0.339 e. The van der Waals surface area contributed by atoms with Crippen molar-refractivity contribution < 1.29 is 23.8 Å². The second-order valence-corrected chi connectivity index (χ2v) is 7.04. The highest BCUT2D eigenvalue weighted by Crippen LogP contribution is 2.28. The lowest BCUT2D eigenvalue weighted by Gasteiger charge is -2.14. The lowest BCUT2D eigenvalue weighted by molar-refractivity contribution is -0.123. The largest absolute Gasteiger partial charge is 0.493 e. The Morgan fingerprint density at radius 3 is 2.28 bits per heavy atom. The third kappa shape index (κ3) is 4.36. The Kier molecular flexibility index (Phi) is 6.67. The van der Waals surface area contributed by atoms with Gasteiger partial charge in [-0.3, -0.25) is 14.3 Å². The number of esters is 1. The van der Waals surface area contributed by atoms with Gasteiger partial charge in [0, 0.05) is 7.05 Å². The molecule has 1 N–H and O–H groups in total. The molecule has 0 radical (unpaired) electrons. The fourth-order valence-electron chi connectivity index (χ4n) is 3.18. The molecule has 168 valence electrons. The zero-order chi connectivity index (χ0) is 23.4. The molecule has 0 unspecified atom stereocenters. The molecule has 32 heavy (non-hydrogen) atoms. The first-order valence-electron chi connectivity index (χ1n) is 9.86. The Bertz CT molecular complexity index is 1200. The summed E-state index contributed by atoms with van der Waals surface area (Å²) in [5.74, 6) is -0.505. The van der Waals surface area contributed by atoms with E-state index in [2.05, 4.69) is 5.32 Å². The number of hydrogen-bond acceptors (Lipinski definition) is 6. The number of rotatable bonds is 7. The zero-order valence-electron chi connectivity index (χ0n) is 18.5. The minimum absolute atomic E-state index is 0.121. The first kappa shape index (κ1) is 22.7. The van der Waals surface area contributed by atoms with Crippen LogP contribution in [0.15, 0.2) is 53.3 Å². The highest BCUT2D eigenvalue weighted by Gasteiger charge is 2.24. The Balaban J connectivity index is 1.77. The van der Waals surface area contributed by atoms with Gasteiger partial charge in [-0.05, 0) is 44.2 Å². The van der Waals surface area contributed by atoms with Gasteiger partial charge in [-0.25, -0.2) is 9.48 Å². The number of amides is 1. The average molecular weight is 439 g/mol. The number of hydrogen-bond donors (Lipinski definition) is 1. The Morgan fingerprint density at radius 1 is 1.00 bits per heavy atom. The normalized spacial score (nSPS) is 11.5. The molecule has 9 heteroatoms. The first-order chi connectivity index (χ1) is 15.3. The molecule has 1 aromatic heterocycles. The van der Waals surface area contributed by atoms with E-state index in [-0.39, 0.29) is 16.8 Å². The number of anilines is 1. The van der Waals surface area contributed by atoms with Crippen LogP contribution < -0.4 is 20.3 Å². The lowest BCUT2D eigenvalue weighted by Crippen LogP contribution is -2.32. The van der Waals surface area contributed by atoms with Gasteiger partial charge in [0.1, 0.15) is 5.69 Å². The van der Waals surface area contributed by atoms with E-state index in [1.165, 1.54) is 38.0 Å². The summed E-state index contributed by atoms with van der Waals surface area (Å²) < 4.78 is 18.7. The number of nitrogens with one attached hydrogen (secondary N) is 1. The van der Waals surface area contributed by atoms with Crippen LogP contribution in [0.1, 0.15) is 23.0 Å². The minimum Gasteiger partial charge on any atom is -0.493 e. The lowest BCUT2D eigenvalue weighted by atomic mass is 10.2. The third-order valence-electron chi connectivity index (χ3n) is 5.07. The number of carbonyl (C=O) groups excluding carboxylic acids is 2. The molecule has 0 fully saturated rings. The van der Waals surface area contributed by atoms with Crippen LogP contribution in [0.5, 0.6) is 11.5 Å². The molecule has 9 nitrogen and oxygen atoms in total. The van der Waals surface area contributed by atoms with E-state index in [1.54, 1.807) is 36.9 Å². The van der Waals surface area contributed by atoms with E-state index < -0.39 is 18.0 Å². The van der Waals surface area contributed by atoms with Gasteiger partial charge in [0.25, 0.3) is 11.5 Å². The molecule has 0 saturated carbocycles. The van der Waals surface area contributed by atoms with Crippen molar-refractivity contribution in [1.29, 1.82) is 0 Å². The second kappa shape index (κ2) is 9.42. The Morgan fingerprint density at radius 2 is 1.66 bits per heavy atom. The topological polar surface area (TPSA) is 101 Å². The molecule has 3 aromatic rings. The molecule has 0 aliphatic rings. The maximum Gasteiger partial charge on any atom is 0.339 e. The van der Waals surface area contributed by atoms with E-state index in [9.17, 15) is 14.4 Å². The molecule has 0 bridgehead atoms. The van der Waals surface area contributed by atoms with E-state index >= 15 is 0 Å². The SMILES string of the molecule is COc1ccc(C(=O)O[C@@H](C)C(=O)Nc2c(C)n(C)n(-c3ccccc3)c2=O)cc1OC. The van der Waals surface area contributed by atoms with Crippen LogP contribution in [0.4, 0.5) is 5.69 Å². The van der Waals surface area contributed by atoms with Crippen LogP contribution in [-0.4, -0.2) is 41.6 Å². The van der Waals surface area contributed by atoms with Crippen LogP contribution >= 0.6 is 0 Å². The van der Waals surface area contributed by atoms with Crippen molar-refractivity contribution in [1.82, 2.24) is 9.36 Å². The van der Waals surface area contributed by atoms with E-state index in [4.69, 9.17) is 14.2 Å². The van der Waals surface area contributed by atoms with Gasteiger partial charge in [-0.2, -0.15) is 0 Å². The van der Waals surface area contributed by atoms with Crippen molar-refractivity contribution in [3.05, 3.63) is 70.1 Å². The maximum atomic E-state index is 12.9. The quantitative estimate of drug-likeness (QED) is 0.568. The summed E-state index contributed by atoms with van der Waals surface area (Å²) >= 11 is 0. The molecule has 0 saturated heterocycles.